The van der Waals surface area contributed by atoms with Gasteiger partial charge < -0.3 is 9.15 Å². The number of furan rings is 1. The molecular formula is C29H26ClN3O3. The van der Waals surface area contributed by atoms with Gasteiger partial charge in [-0.2, -0.15) is 9.78 Å². The predicted octanol–water partition coefficient (Wildman–Crippen LogP) is 7.18. The molecule has 5 rings (SSSR count). The summed E-state index contributed by atoms with van der Waals surface area (Å²) in [7, 11) is 0. The molecule has 3 aromatic carbocycles. The molecule has 0 radical (unpaired) electrons. The number of fused-ring (bicyclic) bond motifs is 2. The Hall–Kier alpha value is -3.90. The number of ether oxygens (including phenoxy) is 1. The summed E-state index contributed by atoms with van der Waals surface area (Å²) in [6.45, 7) is 8.81. The smallest absolute Gasteiger partial charge is 0.282 e. The van der Waals surface area contributed by atoms with Gasteiger partial charge in [0.2, 0.25) is 5.82 Å². The van der Waals surface area contributed by atoms with Gasteiger partial charge in [-0.1, -0.05) is 37.6 Å². The highest BCUT2D eigenvalue weighted by atomic mass is 35.5. The van der Waals surface area contributed by atoms with E-state index in [0.717, 1.165) is 27.8 Å². The summed E-state index contributed by atoms with van der Waals surface area (Å²) in [6, 6.07) is 18.5. The largest absolute Gasteiger partial charge is 0.494 e. The maximum absolute atomic E-state index is 13.5. The highest BCUT2D eigenvalue weighted by molar-refractivity contribution is 6.31. The molecule has 0 aliphatic rings. The van der Waals surface area contributed by atoms with Gasteiger partial charge >= 0.3 is 0 Å². The van der Waals surface area contributed by atoms with Crippen LogP contribution in [0.15, 0.2) is 75.0 Å². The van der Waals surface area contributed by atoms with Crippen molar-refractivity contribution in [2.24, 2.45) is 5.10 Å². The SMILES string of the molecule is CCOc1cc(C)c(C=Nn2c(-c3cc4cc(Cl)ccc4o3)nc3ccccc3c2=O)cc1C(C)C. The summed E-state index contributed by atoms with van der Waals surface area (Å²) in [6.07, 6.45) is 1.69. The maximum Gasteiger partial charge on any atom is 0.282 e. The highest BCUT2D eigenvalue weighted by Gasteiger charge is 2.17. The molecule has 0 fully saturated rings. The lowest BCUT2D eigenvalue weighted by Crippen LogP contribution is -2.20. The lowest BCUT2D eigenvalue weighted by molar-refractivity contribution is 0.335. The van der Waals surface area contributed by atoms with Crippen LogP contribution >= 0.6 is 11.6 Å². The van der Waals surface area contributed by atoms with Crippen molar-refractivity contribution >= 4 is 39.7 Å². The van der Waals surface area contributed by atoms with Crippen LogP contribution in [-0.2, 0) is 0 Å². The minimum Gasteiger partial charge on any atom is -0.494 e. The standard InChI is InChI=1S/C29H26ClN3O3/c1-5-35-26-12-18(4)20(14-23(26)17(2)3)16-31-33-28(32-24-9-7-6-8-22(24)29(33)34)27-15-19-13-21(30)10-11-25(19)36-27/h6-17H,5H2,1-4H3. The first-order chi connectivity index (χ1) is 17.4. The van der Waals surface area contributed by atoms with E-state index in [4.69, 9.17) is 25.7 Å². The van der Waals surface area contributed by atoms with E-state index in [0.29, 0.717) is 39.7 Å². The quantitative estimate of drug-likeness (QED) is 0.232. The first kappa shape index (κ1) is 23.8. The van der Waals surface area contributed by atoms with Crippen LogP contribution in [0, 0.1) is 6.92 Å². The molecule has 2 aromatic heterocycles. The molecule has 0 N–H and O–H groups in total. The van der Waals surface area contributed by atoms with Gasteiger partial charge in [-0.05, 0) is 85.0 Å². The van der Waals surface area contributed by atoms with Gasteiger partial charge in [-0.15, -0.1) is 0 Å². The van der Waals surface area contributed by atoms with Crippen molar-refractivity contribution in [2.75, 3.05) is 6.61 Å². The van der Waals surface area contributed by atoms with Crippen LogP contribution < -0.4 is 10.3 Å². The van der Waals surface area contributed by atoms with Crippen LogP contribution in [0.3, 0.4) is 0 Å². The van der Waals surface area contributed by atoms with Crippen molar-refractivity contribution in [1.82, 2.24) is 9.66 Å². The Kier molecular flexibility index (Phi) is 6.37. The Bertz CT molecular complexity index is 1680. The van der Waals surface area contributed by atoms with Gasteiger partial charge in [0.15, 0.2) is 5.76 Å². The van der Waals surface area contributed by atoms with Crippen molar-refractivity contribution in [3.8, 4) is 17.3 Å². The number of rotatable bonds is 6. The van der Waals surface area contributed by atoms with E-state index >= 15 is 0 Å². The van der Waals surface area contributed by atoms with Crippen LogP contribution in [0.2, 0.25) is 5.02 Å². The molecule has 0 spiro atoms. The fourth-order valence-electron chi connectivity index (χ4n) is 4.22. The van der Waals surface area contributed by atoms with Gasteiger partial charge in [0.05, 0.1) is 23.7 Å². The number of halogens is 1. The van der Waals surface area contributed by atoms with E-state index in [1.54, 1.807) is 30.5 Å². The van der Waals surface area contributed by atoms with Crippen molar-refractivity contribution in [3.63, 3.8) is 0 Å². The van der Waals surface area contributed by atoms with Crippen LogP contribution in [0.5, 0.6) is 5.75 Å². The van der Waals surface area contributed by atoms with E-state index in [1.165, 1.54) is 4.68 Å². The molecule has 5 aromatic rings. The number of benzene rings is 3. The van der Waals surface area contributed by atoms with Gasteiger partial charge in [0.1, 0.15) is 11.3 Å². The molecule has 0 amide bonds. The number of aromatic nitrogens is 2. The Morgan fingerprint density at radius 2 is 1.94 bits per heavy atom. The molecule has 0 unspecified atom stereocenters. The summed E-state index contributed by atoms with van der Waals surface area (Å²) in [5.41, 5.74) is 3.91. The summed E-state index contributed by atoms with van der Waals surface area (Å²) in [4.78, 5) is 18.3. The van der Waals surface area contributed by atoms with Crippen molar-refractivity contribution in [2.45, 2.75) is 33.6 Å². The molecule has 7 heteroatoms. The Morgan fingerprint density at radius 3 is 2.72 bits per heavy atom. The number of aryl methyl sites for hydroxylation is 1. The molecular weight excluding hydrogens is 474 g/mol. The molecule has 0 bridgehead atoms. The fraction of sp³-hybridized carbons (Fsp3) is 0.207. The molecule has 0 atom stereocenters. The monoisotopic (exact) mass is 499 g/mol. The summed E-state index contributed by atoms with van der Waals surface area (Å²) >= 11 is 6.16. The summed E-state index contributed by atoms with van der Waals surface area (Å²) in [5, 5.41) is 6.51. The summed E-state index contributed by atoms with van der Waals surface area (Å²) < 4.78 is 13.2. The lowest BCUT2D eigenvalue weighted by atomic mass is 9.97. The van der Waals surface area contributed by atoms with Crippen LogP contribution in [0.1, 0.15) is 43.4 Å². The second kappa shape index (κ2) is 9.63. The summed E-state index contributed by atoms with van der Waals surface area (Å²) in [5.74, 6) is 1.88. The first-order valence-electron chi connectivity index (χ1n) is 11.9. The minimum absolute atomic E-state index is 0.266. The molecule has 0 saturated carbocycles. The number of para-hydroxylation sites is 1. The minimum atomic E-state index is -0.280. The molecule has 2 heterocycles. The van der Waals surface area contributed by atoms with E-state index < -0.39 is 0 Å². The molecule has 36 heavy (non-hydrogen) atoms. The van der Waals surface area contributed by atoms with Crippen LogP contribution in [-0.4, -0.2) is 22.5 Å². The van der Waals surface area contributed by atoms with E-state index in [-0.39, 0.29) is 11.5 Å². The van der Waals surface area contributed by atoms with E-state index in [2.05, 4.69) is 25.0 Å². The maximum atomic E-state index is 13.5. The van der Waals surface area contributed by atoms with Crippen molar-refractivity contribution in [3.05, 3.63) is 92.7 Å². The van der Waals surface area contributed by atoms with Gasteiger partial charge in [0.25, 0.3) is 5.56 Å². The van der Waals surface area contributed by atoms with Crippen molar-refractivity contribution in [1.29, 1.82) is 0 Å². The molecule has 0 aliphatic heterocycles. The fourth-order valence-corrected chi connectivity index (χ4v) is 4.40. The zero-order valence-corrected chi connectivity index (χ0v) is 21.3. The third-order valence-electron chi connectivity index (χ3n) is 6.09. The second-order valence-electron chi connectivity index (χ2n) is 8.94. The lowest BCUT2D eigenvalue weighted by Gasteiger charge is -2.16. The second-order valence-corrected chi connectivity index (χ2v) is 9.38. The average Bonchev–Trinajstić information content (AvgIpc) is 3.27. The van der Waals surface area contributed by atoms with Crippen LogP contribution in [0.4, 0.5) is 0 Å². The topological polar surface area (TPSA) is 69.6 Å². The Morgan fingerprint density at radius 1 is 1.14 bits per heavy atom. The van der Waals surface area contributed by atoms with Gasteiger partial charge in [0, 0.05) is 10.4 Å². The predicted molar refractivity (Wildman–Crippen MR) is 146 cm³/mol. The molecule has 6 nitrogen and oxygen atoms in total. The first-order valence-corrected chi connectivity index (χ1v) is 12.3. The highest BCUT2D eigenvalue weighted by Crippen LogP contribution is 2.31. The normalized spacial score (nSPS) is 11.8. The molecule has 0 aliphatic carbocycles. The zero-order chi connectivity index (χ0) is 25.4. The van der Waals surface area contributed by atoms with Crippen molar-refractivity contribution < 1.29 is 9.15 Å². The third kappa shape index (κ3) is 4.40. The number of hydrogen-bond acceptors (Lipinski definition) is 5. The van der Waals surface area contributed by atoms with Gasteiger partial charge in [-0.3, -0.25) is 4.79 Å². The number of nitrogens with zero attached hydrogens (tertiary/aromatic N) is 3. The number of hydrogen-bond donors (Lipinski definition) is 0. The molecule has 182 valence electrons. The van der Waals surface area contributed by atoms with Gasteiger partial charge in [-0.25, -0.2) is 4.98 Å². The van der Waals surface area contributed by atoms with E-state index in [9.17, 15) is 4.79 Å². The molecule has 0 saturated heterocycles. The third-order valence-corrected chi connectivity index (χ3v) is 6.32. The zero-order valence-electron chi connectivity index (χ0n) is 20.6. The Labute approximate surface area is 213 Å². The Balaban J connectivity index is 1.69. The van der Waals surface area contributed by atoms with Crippen LogP contribution in [0.25, 0.3) is 33.5 Å². The van der Waals surface area contributed by atoms with E-state index in [1.807, 2.05) is 44.2 Å². The average molecular weight is 500 g/mol.